The number of nitrogens with one attached hydrogen (secondary N) is 3. The van der Waals surface area contributed by atoms with Crippen LogP contribution in [0.4, 0.5) is 10.2 Å². The van der Waals surface area contributed by atoms with Gasteiger partial charge in [0.25, 0.3) is 5.91 Å². The molecule has 3 aromatic rings. The summed E-state index contributed by atoms with van der Waals surface area (Å²) in [4.78, 5) is 31.1. The summed E-state index contributed by atoms with van der Waals surface area (Å²) in [6.45, 7) is 4.05. The molecule has 2 aliphatic carbocycles. The van der Waals surface area contributed by atoms with E-state index in [0.717, 1.165) is 31.2 Å². The lowest BCUT2D eigenvalue weighted by atomic mass is 9.88. The SMILES string of the molecule is CC(=N)/C(=C(/C)N)c1ccc(NC(=O)C(NC(=O)c2nonc2CCCOCc2ccccc2)C(C2CC2)C2CC2)nc1F. The van der Waals surface area contributed by atoms with Crippen LogP contribution in [0, 0.1) is 29.1 Å². The number of ether oxygens (including phenoxy) is 1. The highest BCUT2D eigenvalue weighted by Gasteiger charge is 2.48. The van der Waals surface area contributed by atoms with Gasteiger partial charge in [-0.2, -0.15) is 4.39 Å². The van der Waals surface area contributed by atoms with Gasteiger partial charge in [-0.15, -0.1) is 0 Å². The third-order valence-electron chi connectivity index (χ3n) is 8.01. The van der Waals surface area contributed by atoms with E-state index in [1.165, 1.54) is 19.1 Å². The first-order chi connectivity index (χ1) is 21.2. The van der Waals surface area contributed by atoms with Crippen molar-refractivity contribution < 1.29 is 23.3 Å². The fourth-order valence-corrected chi connectivity index (χ4v) is 5.69. The minimum Gasteiger partial charge on any atom is -0.402 e. The maximum absolute atomic E-state index is 15.0. The van der Waals surface area contributed by atoms with Gasteiger partial charge in [0, 0.05) is 29.2 Å². The van der Waals surface area contributed by atoms with Crippen LogP contribution in [0.15, 0.2) is 52.8 Å². The number of nitrogens with zero attached hydrogens (tertiary/aromatic N) is 3. The first-order valence-corrected chi connectivity index (χ1v) is 15.0. The van der Waals surface area contributed by atoms with E-state index in [2.05, 4.69) is 25.9 Å². The lowest BCUT2D eigenvalue weighted by molar-refractivity contribution is -0.119. The molecule has 0 saturated heterocycles. The zero-order chi connectivity index (χ0) is 31.2. The first-order valence-electron chi connectivity index (χ1n) is 15.0. The highest BCUT2D eigenvalue weighted by Crippen LogP contribution is 2.51. The van der Waals surface area contributed by atoms with Crippen LogP contribution in [0.25, 0.3) is 5.57 Å². The first kappa shape index (κ1) is 31.0. The molecule has 0 radical (unpaired) electrons. The Morgan fingerprint density at radius 2 is 1.80 bits per heavy atom. The van der Waals surface area contributed by atoms with Gasteiger partial charge in [-0.05, 0) is 93.0 Å². The van der Waals surface area contributed by atoms with Crippen molar-refractivity contribution in [1.82, 2.24) is 20.6 Å². The van der Waals surface area contributed by atoms with Gasteiger partial charge in [-0.25, -0.2) is 9.61 Å². The molecule has 0 spiro atoms. The molecule has 11 nitrogen and oxygen atoms in total. The summed E-state index contributed by atoms with van der Waals surface area (Å²) < 4.78 is 25.7. The number of carbonyl (C=O) groups excluding carboxylic acids is 2. The Bertz CT molecular complexity index is 1520. The molecule has 0 bridgehead atoms. The summed E-state index contributed by atoms with van der Waals surface area (Å²) in [5.74, 6) is -1.33. The van der Waals surface area contributed by atoms with Crippen LogP contribution < -0.4 is 16.4 Å². The van der Waals surface area contributed by atoms with Gasteiger partial charge in [0.15, 0.2) is 5.69 Å². The van der Waals surface area contributed by atoms with Crippen molar-refractivity contribution in [1.29, 1.82) is 5.41 Å². The number of pyridine rings is 1. The zero-order valence-electron chi connectivity index (χ0n) is 24.9. The van der Waals surface area contributed by atoms with Crippen molar-refractivity contribution in [2.45, 2.75) is 65.0 Å². The number of amides is 2. The van der Waals surface area contributed by atoms with Crippen LogP contribution in [0.1, 0.15) is 73.3 Å². The fourth-order valence-electron chi connectivity index (χ4n) is 5.69. The standard InChI is InChI=1S/C32H38FN7O4/c1-18(34)26(19(2)35)23-14-15-25(36-30(23)33)37-32(42)29(27(21-10-11-21)22-12-13-22)38-31(41)28-24(39-44-40-28)9-6-16-43-17-20-7-4-3-5-8-20/h3-5,7-8,14-15,21-22,27,29,34H,6,9-13,16-17,35H2,1-2H3,(H,38,41)(H,36,37,42)/b26-19+,34-18?. The van der Waals surface area contributed by atoms with Gasteiger partial charge < -0.3 is 26.5 Å². The van der Waals surface area contributed by atoms with E-state index in [0.29, 0.717) is 43.6 Å². The number of halogens is 1. The van der Waals surface area contributed by atoms with Crippen molar-refractivity contribution >= 4 is 28.9 Å². The van der Waals surface area contributed by atoms with Gasteiger partial charge in [0.1, 0.15) is 17.6 Å². The Morgan fingerprint density at radius 3 is 2.41 bits per heavy atom. The number of rotatable bonds is 15. The molecule has 2 aromatic heterocycles. The summed E-state index contributed by atoms with van der Waals surface area (Å²) in [6, 6.07) is 11.9. The van der Waals surface area contributed by atoms with Crippen LogP contribution in [0.2, 0.25) is 0 Å². The molecule has 5 rings (SSSR count). The molecule has 1 unspecified atom stereocenters. The van der Waals surface area contributed by atoms with Crippen LogP contribution >= 0.6 is 0 Å². The highest BCUT2D eigenvalue weighted by atomic mass is 19.1. The second kappa shape index (κ2) is 13.9. The minimum atomic E-state index is -0.878. The Balaban J connectivity index is 1.26. The second-order valence-corrected chi connectivity index (χ2v) is 11.6. The van der Waals surface area contributed by atoms with Gasteiger partial charge in [-0.3, -0.25) is 9.59 Å². The summed E-state index contributed by atoms with van der Waals surface area (Å²) in [7, 11) is 0. The van der Waals surface area contributed by atoms with E-state index < -0.39 is 23.8 Å². The Hall–Kier alpha value is -4.45. The van der Waals surface area contributed by atoms with Crippen LogP contribution in [-0.4, -0.2) is 45.5 Å². The molecule has 2 amide bonds. The van der Waals surface area contributed by atoms with Crippen molar-refractivity contribution in [3.05, 3.63) is 76.6 Å². The second-order valence-electron chi connectivity index (χ2n) is 11.6. The number of anilines is 1. The molecular formula is C32H38FN7O4. The minimum absolute atomic E-state index is 0.00297. The number of aromatic nitrogens is 3. The normalized spacial score (nSPS) is 15.9. The van der Waals surface area contributed by atoms with E-state index in [4.69, 9.17) is 20.5 Å². The molecule has 2 heterocycles. The van der Waals surface area contributed by atoms with Gasteiger partial charge >= 0.3 is 0 Å². The molecule has 0 aliphatic heterocycles. The number of benzene rings is 1. The molecule has 1 aromatic carbocycles. The largest absolute Gasteiger partial charge is 0.402 e. The van der Waals surface area contributed by atoms with Crippen molar-refractivity contribution in [3.8, 4) is 0 Å². The number of allylic oxidation sites excluding steroid dienone is 2. The molecule has 1 atom stereocenters. The number of hydrogen-bond donors (Lipinski definition) is 4. The van der Waals surface area contributed by atoms with E-state index in [1.807, 2.05) is 30.3 Å². The average Bonchev–Trinajstić information content (AvgIpc) is 3.93. The average molecular weight is 604 g/mol. The van der Waals surface area contributed by atoms with Crippen molar-refractivity contribution in [2.24, 2.45) is 23.5 Å². The van der Waals surface area contributed by atoms with Crippen LogP contribution in [0.5, 0.6) is 0 Å². The number of hydrogen-bond acceptors (Lipinski definition) is 9. The predicted molar refractivity (Wildman–Crippen MR) is 162 cm³/mol. The molecule has 2 fully saturated rings. The monoisotopic (exact) mass is 603 g/mol. The molecular weight excluding hydrogens is 565 g/mol. The fraction of sp³-hybridized carbons (Fsp3) is 0.438. The third kappa shape index (κ3) is 7.73. The van der Waals surface area contributed by atoms with E-state index in [1.54, 1.807) is 6.92 Å². The lowest BCUT2D eigenvalue weighted by Gasteiger charge is -2.27. The van der Waals surface area contributed by atoms with Crippen LogP contribution in [-0.2, 0) is 22.6 Å². The summed E-state index contributed by atoms with van der Waals surface area (Å²) in [5.41, 5.74) is 8.07. The predicted octanol–water partition coefficient (Wildman–Crippen LogP) is 4.66. The molecule has 232 valence electrons. The van der Waals surface area contributed by atoms with Gasteiger partial charge in [0.2, 0.25) is 11.9 Å². The lowest BCUT2D eigenvalue weighted by Crippen LogP contribution is -2.50. The maximum Gasteiger partial charge on any atom is 0.276 e. The Morgan fingerprint density at radius 1 is 1.09 bits per heavy atom. The van der Waals surface area contributed by atoms with E-state index >= 15 is 4.39 Å². The molecule has 2 saturated carbocycles. The van der Waals surface area contributed by atoms with E-state index in [9.17, 15) is 9.59 Å². The number of nitrogens with two attached hydrogens (primary N) is 1. The summed E-state index contributed by atoms with van der Waals surface area (Å²) >= 11 is 0. The number of aryl methyl sites for hydroxylation is 1. The maximum atomic E-state index is 15.0. The molecule has 2 aliphatic rings. The molecule has 12 heteroatoms. The Kier molecular flexibility index (Phi) is 9.78. The van der Waals surface area contributed by atoms with Gasteiger partial charge in [0.05, 0.1) is 6.61 Å². The molecule has 44 heavy (non-hydrogen) atoms. The quantitative estimate of drug-likeness (QED) is 0.110. The topological polar surface area (TPSA) is 169 Å². The molecule has 5 N–H and O–H groups in total. The Labute approximate surface area is 255 Å². The van der Waals surface area contributed by atoms with Crippen molar-refractivity contribution in [3.63, 3.8) is 0 Å². The van der Waals surface area contributed by atoms with Crippen LogP contribution in [0.3, 0.4) is 0 Å². The smallest absolute Gasteiger partial charge is 0.276 e. The van der Waals surface area contributed by atoms with Gasteiger partial charge in [-0.1, -0.05) is 35.5 Å². The summed E-state index contributed by atoms with van der Waals surface area (Å²) in [6.07, 6.45) is 4.95. The summed E-state index contributed by atoms with van der Waals surface area (Å²) in [5, 5.41) is 21.3. The third-order valence-corrected chi connectivity index (χ3v) is 8.01. The van der Waals surface area contributed by atoms with E-state index in [-0.39, 0.29) is 40.0 Å². The highest BCUT2D eigenvalue weighted by molar-refractivity contribution is 6.21. The zero-order valence-corrected chi connectivity index (χ0v) is 24.9. The van der Waals surface area contributed by atoms with Crippen molar-refractivity contribution in [2.75, 3.05) is 11.9 Å². The number of carbonyl (C=O) groups is 2.